The van der Waals surface area contributed by atoms with E-state index in [2.05, 4.69) is 11.8 Å². The van der Waals surface area contributed by atoms with E-state index in [1.54, 1.807) is 7.11 Å². The molecule has 4 heteroatoms. The lowest BCUT2D eigenvalue weighted by Gasteiger charge is -2.30. The van der Waals surface area contributed by atoms with Gasteiger partial charge in [-0.1, -0.05) is 6.92 Å². The van der Waals surface area contributed by atoms with Crippen molar-refractivity contribution in [1.82, 2.24) is 4.90 Å². The van der Waals surface area contributed by atoms with Crippen molar-refractivity contribution in [2.24, 2.45) is 5.73 Å². The molecule has 0 aromatic heterocycles. The second kappa shape index (κ2) is 10.4. The summed E-state index contributed by atoms with van der Waals surface area (Å²) in [5.74, 6) is 0. The molecule has 0 saturated heterocycles. The van der Waals surface area contributed by atoms with Gasteiger partial charge in [0.1, 0.15) is 0 Å². The molecule has 0 aromatic carbocycles. The van der Waals surface area contributed by atoms with E-state index in [1.165, 1.54) is 0 Å². The monoisotopic (exact) mass is 218 g/mol. The molecule has 15 heavy (non-hydrogen) atoms. The van der Waals surface area contributed by atoms with Gasteiger partial charge in [0.2, 0.25) is 0 Å². The van der Waals surface area contributed by atoms with Crippen molar-refractivity contribution in [3.05, 3.63) is 0 Å². The fourth-order valence-corrected chi connectivity index (χ4v) is 1.81. The van der Waals surface area contributed by atoms with Gasteiger partial charge in [-0.25, -0.2) is 0 Å². The zero-order chi connectivity index (χ0) is 11.5. The fraction of sp³-hybridized carbons (Fsp3) is 1.00. The smallest absolute Gasteiger partial charge is 0.0618 e. The lowest BCUT2D eigenvalue weighted by Crippen LogP contribution is -2.41. The Bertz CT molecular complexity index is 128. The van der Waals surface area contributed by atoms with Crippen LogP contribution in [0.15, 0.2) is 0 Å². The second-order valence-corrected chi connectivity index (χ2v) is 3.80. The van der Waals surface area contributed by atoms with Gasteiger partial charge in [-0.3, -0.25) is 4.90 Å². The quantitative estimate of drug-likeness (QED) is 0.559. The first-order valence-corrected chi connectivity index (χ1v) is 5.84. The van der Waals surface area contributed by atoms with Gasteiger partial charge in [0.05, 0.1) is 13.2 Å². The number of aliphatic hydroxyl groups excluding tert-OH is 1. The molecule has 0 aliphatic rings. The highest BCUT2D eigenvalue weighted by Crippen LogP contribution is 2.08. The Balaban J connectivity index is 4.09. The number of hydrogen-bond acceptors (Lipinski definition) is 4. The first-order chi connectivity index (χ1) is 7.29. The van der Waals surface area contributed by atoms with Gasteiger partial charge >= 0.3 is 0 Å². The van der Waals surface area contributed by atoms with Gasteiger partial charge in [-0.15, -0.1) is 0 Å². The first-order valence-electron chi connectivity index (χ1n) is 5.84. The molecular formula is C11H26N2O2. The molecule has 0 aromatic rings. The van der Waals surface area contributed by atoms with Crippen molar-refractivity contribution in [3.63, 3.8) is 0 Å². The van der Waals surface area contributed by atoms with E-state index in [9.17, 15) is 0 Å². The minimum Gasteiger partial charge on any atom is -0.395 e. The lowest BCUT2D eigenvalue weighted by atomic mass is 10.1. The molecule has 4 nitrogen and oxygen atoms in total. The van der Waals surface area contributed by atoms with Crippen molar-refractivity contribution in [2.45, 2.75) is 32.2 Å². The third-order valence-electron chi connectivity index (χ3n) is 2.51. The molecule has 92 valence electrons. The van der Waals surface area contributed by atoms with Crippen LogP contribution in [0.1, 0.15) is 26.2 Å². The number of rotatable bonds is 10. The van der Waals surface area contributed by atoms with Crippen LogP contribution in [0.25, 0.3) is 0 Å². The molecule has 0 aliphatic heterocycles. The van der Waals surface area contributed by atoms with Crippen LogP contribution in [0.2, 0.25) is 0 Å². The third kappa shape index (κ3) is 6.84. The van der Waals surface area contributed by atoms with E-state index in [4.69, 9.17) is 15.6 Å². The molecule has 1 unspecified atom stereocenters. The number of ether oxygens (including phenoxy) is 1. The highest BCUT2D eigenvalue weighted by molar-refractivity contribution is 4.71. The summed E-state index contributed by atoms with van der Waals surface area (Å²) in [6.45, 7) is 5.55. The van der Waals surface area contributed by atoms with Gasteiger partial charge in [0, 0.05) is 19.7 Å². The van der Waals surface area contributed by atoms with E-state index in [0.717, 1.165) is 45.5 Å². The number of nitrogens with zero attached hydrogens (tertiary/aromatic N) is 1. The molecule has 0 bridgehead atoms. The van der Waals surface area contributed by atoms with E-state index in [0.29, 0.717) is 6.04 Å². The van der Waals surface area contributed by atoms with Gasteiger partial charge in [0.15, 0.2) is 0 Å². The Morgan fingerprint density at radius 3 is 2.60 bits per heavy atom. The summed E-state index contributed by atoms with van der Waals surface area (Å²) in [6.07, 6.45) is 3.16. The molecule has 0 aliphatic carbocycles. The highest BCUT2D eigenvalue weighted by atomic mass is 16.5. The predicted molar refractivity (Wildman–Crippen MR) is 62.9 cm³/mol. The van der Waals surface area contributed by atoms with Crippen LogP contribution in [0, 0.1) is 0 Å². The Morgan fingerprint density at radius 2 is 2.13 bits per heavy atom. The largest absolute Gasteiger partial charge is 0.395 e. The van der Waals surface area contributed by atoms with Crippen LogP contribution in [-0.4, -0.2) is 56.0 Å². The zero-order valence-corrected chi connectivity index (χ0v) is 10.1. The summed E-state index contributed by atoms with van der Waals surface area (Å²) in [5.41, 5.74) is 5.51. The molecule has 0 rings (SSSR count). The maximum atomic E-state index is 9.00. The summed E-state index contributed by atoms with van der Waals surface area (Å²) < 4.78 is 5.21. The zero-order valence-electron chi connectivity index (χ0n) is 10.1. The molecular weight excluding hydrogens is 192 g/mol. The molecule has 0 saturated carbocycles. The van der Waals surface area contributed by atoms with Crippen molar-refractivity contribution in [1.29, 1.82) is 0 Å². The second-order valence-electron chi connectivity index (χ2n) is 3.80. The molecule has 1 atom stereocenters. The van der Waals surface area contributed by atoms with Crippen LogP contribution in [0.3, 0.4) is 0 Å². The molecule has 3 N–H and O–H groups in total. The summed E-state index contributed by atoms with van der Waals surface area (Å²) in [4.78, 5) is 2.29. The molecule has 0 fully saturated rings. The van der Waals surface area contributed by atoms with Gasteiger partial charge in [0.25, 0.3) is 0 Å². The van der Waals surface area contributed by atoms with Crippen molar-refractivity contribution >= 4 is 0 Å². The number of aliphatic hydroxyl groups is 1. The molecule has 0 amide bonds. The summed E-state index contributed by atoms with van der Waals surface area (Å²) in [5, 5.41) is 9.00. The Morgan fingerprint density at radius 1 is 1.40 bits per heavy atom. The van der Waals surface area contributed by atoms with E-state index < -0.39 is 0 Å². The van der Waals surface area contributed by atoms with Crippen LogP contribution in [0.5, 0.6) is 0 Å². The fourth-order valence-electron chi connectivity index (χ4n) is 1.81. The van der Waals surface area contributed by atoms with E-state index in [-0.39, 0.29) is 6.61 Å². The maximum Gasteiger partial charge on any atom is 0.0618 e. The Kier molecular flexibility index (Phi) is 10.3. The minimum atomic E-state index is 0.211. The standard InChI is InChI=1S/C11H26N2O2/c1-3-7-13(8-9-14)11(10-15-2)5-4-6-12/h11,14H,3-10,12H2,1-2H3. The Labute approximate surface area is 93.4 Å². The first kappa shape index (κ1) is 14.8. The number of hydrogen-bond donors (Lipinski definition) is 2. The van der Waals surface area contributed by atoms with Gasteiger partial charge < -0.3 is 15.6 Å². The van der Waals surface area contributed by atoms with E-state index >= 15 is 0 Å². The van der Waals surface area contributed by atoms with Gasteiger partial charge in [-0.05, 0) is 32.4 Å². The molecule has 0 spiro atoms. The summed E-state index contributed by atoms with van der Waals surface area (Å²) in [7, 11) is 1.72. The summed E-state index contributed by atoms with van der Waals surface area (Å²) >= 11 is 0. The number of nitrogens with two attached hydrogens (primary N) is 1. The highest BCUT2D eigenvalue weighted by Gasteiger charge is 2.16. The van der Waals surface area contributed by atoms with Gasteiger partial charge in [-0.2, -0.15) is 0 Å². The molecule has 0 radical (unpaired) electrons. The van der Waals surface area contributed by atoms with Crippen molar-refractivity contribution in [2.75, 3.05) is 40.0 Å². The normalized spacial score (nSPS) is 13.4. The minimum absolute atomic E-state index is 0.211. The van der Waals surface area contributed by atoms with Crippen LogP contribution in [-0.2, 0) is 4.74 Å². The Hall–Kier alpha value is -0.160. The summed E-state index contributed by atoms with van der Waals surface area (Å²) in [6, 6.07) is 0.394. The van der Waals surface area contributed by atoms with E-state index in [1.807, 2.05) is 0 Å². The maximum absolute atomic E-state index is 9.00. The average molecular weight is 218 g/mol. The van der Waals surface area contributed by atoms with Crippen LogP contribution < -0.4 is 5.73 Å². The average Bonchev–Trinajstić information content (AvgIpc) is 2.24. The third-order valence-corrected chi connectivity index (χ3v) is 2.51. The predicted octanol–water partition coefficient (Wildman–Crippen LogP) is 0.445. The lowest BCUT2D eigenvalue weighted by molar-refractivity contribution is 0.0712. The topological polar surface area (TPSA) is 58.7 Å². The van der Waals surface area contributed by atoms with Crippen molar-refractivity contribution in [3.8, 4) is 0 Å². The van der Waals surface area contributed by atoms with Crippen LogP contribution in [0.4, 0.5) is 0 Å². The molecule has 0 heterocycles. The van der Waals surface area contributed by atoms with Crippen LogP contribution >= 0.6 is 0 Å². The SMILES string of the molecule is CCCN(CCO)C(CCCN)COC. The number of methoxy groups -OCH3 is 1. The van der Waals surface area contributed by atoms with Crippen molar-refractivity contribution < 1.29 is 9.84 Å².